The summed E-state index contributed by atoms with van der Waals surface area (Å²) in [7, 11) is 0. The van der Waals surface area contributed by atoms with Gasteiger partial charge in [0.05, 0.1) is 0 Å². The molecule has 158 valence electrons. The summed E-state index contributed by atoms with van der Waals surface area (Å²) in [4.78, 5) is 25.5. The standard InChI is InChI=1S/C22H21ClN6O2/c1-22(2,3)21-27-20(31-28-21)15-8-9-24-18(10-15)29-12-17(26-13-29)19(30)25-11-14-4-6-16(23)7-5-14/h4-10,12-13H,11H2,1-3H3,(H,25,30). The molecule has 0 saturated heterocycles. The lowest BCUT2D eigenvalue weighted by Crippen LogP contribution is -2.23. The average molecular weight is 437 g/mol. The Labute approximate surface area is 184 Å². The van der Waals surface area contributed by atoms with Gasteiger partial charge in [-0.15, -0.1) is 0 Å². The van der Waals surface area contributed by atoms with E-state index in [0.717, 1.165) is 11.1 Å². The fraction of sp³-hybridized carbons (Fsp3) is 0.227. The Morgan fingerprint density at radius 3 is 2.65 bits per heavy atom. The van der Waals surface area contributed by atoms with Crippen LogP contribution in [0.1, 0.15) is 42.6 Å². The van der Waals surface area contributed by atoms with E-state index >= 15 is 0 Å². The molecule has 0 atom stereocenters. The molecule has 0 bridgehead atoms. The van der Waals surface area contributed by atoms with E-state index in [-0.39, 0.29) is 17.0 Å². The lowest BCUT2D eigenvalue weighted by molar-refractivity contribution is 0.0946. The van der Waals surface area contributed by atoms with Crippen LogP contribution >= 0.6 is 11.6 Å². The van der Waals surface area contributed by atoms with E-state index in [9.17, 15) is 4.79 Å². The Morgan fingerprint density at radius 2 is 1.94 bits per heavy atom. The second-order valence-electron chi connectivity index (χ2n) is 8.05. The maximum Gasteiger partial charge on any atom is 0.271 e. The predicted octanol–water partition coefficient (Wildman–Crippen LogP) is 4.20. The van der Waals surface area contributed by atoms with E-state index in [0.29, 0.717) is 29.1 Å². The van der Waals surface area contributed by atoms with Gasteiger partial charge in [-0.25, -0.2) is 9.97 Å². The van der Waals surface area contributed by atoms with Gasteiger partial charge in [-0.1, -0.05) is 49.7 Å². The highest BCUT2D eigenvalue weighted by atomic mass is 35.5. The van der Waals surface area contributed by atoms with E-state index < -0.39 is 0 Å². The zero-order valence-corrected chi connectivity index (χ0v) is 18.1. The van der Waals surface area contributed by atoms with Gasteiger partial charge in [0.1, 0.15) is 17.8 Å². The molecule has 31 heavy (non-hydrogen) atoms. The van der Waals surface area contributed by atoms with Gasteiger partial charge in [0.25, 0.3) is 11.8 Å². The van der Waals surface area contributed by atoms with Gasteiger partial charge in [0.2, 0.25) is 0 Å². The van der Waals surface area contributed by atoms with Gasteiger partial charge in [0.15, 0.2) is 5.82 Å². The largest absolute Gasteiger partial charge is 0.347 e. The summed E-state index contributed by atoms with van der Waals surface area (Å²) < 4.78 is 7.08. The Bertz CT molecular complexity index is 1210. The number of rotatable bonds is 5. The zero-order chi connectivity index (χ0) is 22.0. The molecule has 0 aliphatic rings. The number of imidazole rings is 1. The van der Waals surface area contributed by atoms with Crippen molar-refractivity contribution in [1.29, 1.82) is 0 Å². The minimum atomic E-state index is -0.281. The van der Waals surface area contributed by atoms with E-state index in [4.69, 9.17) is 16.1 Å². The predicted molar refractivity (Wildman–Crippen MR) is 116 cm³/mol. The molecule has 0 aliphatic heterocycles. The molecule has 3 aromatic heterocycles. The van der Waals surface area contributed by atoms with Crippen molar-refractivity contribution in [3.63, 3.8) is 0 Å². The molecule has 0 spiro atoms. The van der Waals surface area contributed by atoms with E-state index in [1.807, 2.05) is 32.9 Å². The quantitative estimate of drug-likeness (QED) is 0.503. The Balaban J connectivity index is 1.48. The molecule has 1 N–H and O–H groups in total. The molecule has 0 unspecified atom stereocenters. The first-order chi connectivity index (χ1) is 14.8. The van der Waals surface area contributed by atoms with Crippen LogP contribution in [0.3, 0.4) is 0 Å². The smallest absolute Gasteiger partial charge is 0.271 e. The van der Waals surface area contributed by atoms with Gasteiger partial charge < -0.3 is 9.84 Å². The highest BCUT2D eigenvalue weighted by Gasteiger charge is 2.21. The van der Waals surface area contributed by atoms with E-state index in [1.54, 1.807) is 41.2 Å². The van der Waals surface area contributed by atoms with Gasteiger partial charge >= 0.3 is 0 Å². The molecule has 4 aromatic rings. The Morgan fingerprint density at radius 1 is 1.16 bits per heavy atom. The second-order valence-corrected chi connectivity index (χ2v) is 8.49. The first-order valence-corrected chi connectivity index (χ1v) is 10.0. The van der Waals surface area contributed by atoms with E-state index in [1.165, 1.54) is 6.33 Å². The molecule has 4 rings (SSSR count). The molecule has 1 amide bonds. The molecule has 8 nitrogen and oxygen atoms in total. The summed E-state index contributed by atoms with van der Waals surface area (Å²) in [5.74, 6) is 1.34. The normalized spacial score (nSPS) is 11.5. The molecular weight excluding hydrogens is 416 g/mol. The lowest BCUT2D eigenvalue weighted by atomic mass is 9.96. The minimum absolute atomic E-state index is 0.212. The van der Waals surface area contributed by atoms with Crippen LogP contribution in [0.5, 0.6) is 0 Å². The Hall–Kier alpha value is -3.52. The fourth-order valence-electron chi connectivity index (χ4n) is 2.78. The SMILES string of the molecule is CC(C)(C)c1noc(-c2ccnc(-n3cnc(C(=O)NCc4ccc(Cl)cc4)c3)c2)n1. The number of hydrogen-bond acceptors (Lipinski definition) is 6. The third-order valence-corrected chi connectivity index (χ3v) is 4.79. The summed E-state index contributed by atoms with van der Waals surface area (Å²) >= 11 is 5.88. The van der Waals surface area contributed by atoms with Crippen LogP contribution in [-0.2, 0) is 12.0 Å². The van der Waals surface area contributed by atoms with Crippen LogP contribution in [0, 0.1) is 0 Å². The summed E-state index contributed by atoms with van der Waals surface area (Å²) in [5.41, 5.74) is 1.75. The number of nitrogens with zero attached hydrogens (tertiary/aromatic N) is 5. The molecular formula is C22H21ClN6O2. The van der Waals surface area contributed by atoms with Gasteiger partial charge in [-0.2, -0.15) is 4.98 Å². The monoisotopic (exact) mass is 436 g/mol. The van der Waals surface area contributed by atoms with Crippen molar-refractivity contribution in [2.45, 2.75) is 32.7 Å². The van der Waals surface area contributed by atoms with E-state index in [2.05, 4.69) is 25.4 Å². The van der Waals surface area contributed by atoms with Crippen molar-refractivity contribution in [1.82, 2.24) is 30.0 Å². The van der Waals surface area contributed by atoms with Crippen LogP contribution in [0.2, 0.25) is 5.02 Å². The molecule has 0 radical (unpaired) electrons. The fourth-order valence-corrected chi connectivity index (χ4v) is 2.90. The number of amides is 1. The summed E-state index contributed by atoms with van der Waals surface area (Å²) in [6.07, 6.45) is 4.81. The number of carbonyl (C=O) groups excluding carboxylic acids is 1. The van der Waals surface area contributed by atoms with Gasteiger partial charge in [0, 0.05) is 34.9 Å². The summed E-state index contributed by atoms with van der Waals surface area (Å²) in [5, 5.41) is 7.55. The molecule has 0 aliphatic carbocycles. The molecule has 0 saturated carbocycles. The number of hydrogen-bond donors (Lipinski definition) is 1. The van der Waals surface area contributed by atoms with Crippen LogP contribution in [0.25, 0.3) is 17.3 Å². The number of pyridine rings is 1. The van der Waals surface area contributed by atoms with Crippen molar-refractivity contribution < 1.29 is 9.32 Å². The van der Waals surface area contributed by atoms with Gasteiger partial charge in [-0.05, 0) is 29.8 Å². The average Bonchev–Trinajstić information content (AvgIpc) is 3.43. The van der Waals surface area contributed by atoms with Gasteiger partial charge in [-0.3, -0.25) is 9.36 Å². The van der Waals surface area contributed by atoms with Crippen LogP contribution in [-0.4, -0.2) is 30.6 Å². The lowest BCUT2D eigenvalue weighted by Gasteiger charge is -2.10. The van der Waals surface area contributed by atoms with Crippen molar-refractivity contribution in [3.05, 3.63) is 77.2 Å². The maximum atomic E-state index is 12.4. The van der Waals surface area contributed by atoms with Crippen molar-refractivity contribution in [2.75, 3.05) is 0 Å². The highest BCUT2D eigenvalue weighted by molar-refractivity contribution is 6.30. The highest BCUT2D eigenvalue weighted by Crippen LogP contribution is 2.24. The number of aromatic nitrogens is 5. The number of carbonyl (C=O) groups is 1. The molecule has 0 fully saturated rings. The third kappa shape index (κ3) is 4.80. The molecule has 1 aromatic carbocycles. The van der Waals surface area contributed by atoms with Crippen LogP contribution in [0.15, 0.2) is 59.6 Å². The van der Waals surface area contributed by atoms with Crippen molar-refractivity contribution in [2.24, 2.45) is 0 Å². The third-order valence-electron chi connectivity index (χ3n) is 4.54. The first-order valence-electron chi connectivity index (χ1n) is 9.67. The second kappa shape index (κ2) is 8.31. The summed E-state index contributed by atoms with van der Waals surface area (Å²) in [6.45, 7) is 6.43. The van der Waals surface area contributed by atoms with Crippen molar-refractivity contribution >= 4 is 17.5 Å². The van der Waals surface area contributed by atoms with Crippen molar-refractivity contribution in [3.8, 4) is 17.3 Å². The van der Waals surface area contributed by atoms with Crippen LogP contribution in [0.4, 0.5) is 0 Å². The first kappa shape index (κ1) is 20.7. The minimum Gasteiger partial charge on any atom is -0.347 e. The van der Waals surface area contributed by atoms with Crippen LogP contribution < -0.4 is 5.32 Å². The number of halogens is 1. The number of benzene rings is 1. The maximum absolute atomic E-state index is 12.4. The Kier molecular flexibility index (Phi) is 5.56. The molecule has 3 heterocycles. The zero-order valence-electron chi connectivity index (χ0n) is 17.3. The number of nitrogens with one attached hydrogen (secondary N) is 1. The summed E-state index contributed by atoms with van der Waals surface area (Å²) in [6, 6.07) is 10.9. The topological polar surface area (TPSA) is 98.7 Å². The molecule has 9 heteroatoms.